The molecule has 0 spiro atoms. The number of anilines is 2. The molecule has 16 nitrogen and oxygen atoms in total. The molecule has 2 aromatic carbocycles. The van der Waals surface area contributed by atoms with Crippen molar-refractivity contribution in [2.75, 3.05) is 24.1 Å². The summed E-state index contributed by atoms with van der Waals surface area (Å²) in [4.78, 5) is 80.5. The number of carbonyl (C=O) groups is 5. The van der Waals surface area contributed by atoms with E-state index in [1.54, 1.807) is 42.8 Å². The molecule has 5 rings (SSSR count). The highest BCUT2D eigenvalue weighted by Crippen LogP contribution is 2.34. The van der Waals surface area contributed by atoms with Crippen LogP contribution in [0.5, 0.6) is 0 Å². The van der Waals surface area contributed by atoms with Crippen LogP contribution in [0.3, 0.4) is 0 Å². The molecule has 1 fully saturated rings. The first kappa shape index (κ1) is 51.5. The normalized spacial score (nSPS) is 16.0. The maximum Gasteiger partial charge on any atom is 0.246 e. The maximum atomic E-state index is 15.3. The van der Waals surface area contributed by atoms with E-state index in [4.69, 9.17) is 11.5 Å². The number of amides is 5. The fraction of sp³-hybridized carbons (Fsp3) is 0.429. The summed E-state index contributed by atoms with van der Waals surface area (Å²) in [5.41, 5.74) is 17.8. The minimum absolute atomic E-state index is 0.0191. The summed E-state index contributed by atoms with van der Waals surface area (Å²) in [6.45, 7) is 14.9. The Balaban J connectivity index is 1.01. The van der Waals surface area contributed by atoms with Gasteiger partial charge in [0.2, 0.25) is 29.5 Å². The predicted octanol–water partition coefficient (Wildman–Crippen LogP) is 6.28. The third-order valence-corrected chi connectivity index (χ3v) is 12.8. The topological polar surface area (TPSA) is 247 Å². The largest absolute Gasteiger partial charge is 0.397 e. The van der Waals surface area contributed by atoms with Crippen LogP contribution in [0.2, 0.25) is 0 Å². The van der Waals surface area contributed by atoms with Crippen molar-refractivity contribution in [3.63, 3.8) is 0 Å². The van der Waals surface area contributed by atoms with Crippen molar-refractivity contribution in [2.24, 2.45) is 16.1 Å². The number of halogens is 1. The molecule has 3 heterocycles. The number of nitrogen functional groups attached to an aromatic ring is 1. The molecule has 18 heteroatoms. The molecular formula is C49H63FN10O6S. The number of carbonyl (C=O) groups excluding carboxylic acids is 5. The Kier molecular flexibility index (Phi) is 17.9. The third kappa shape index (κ3) is 13.8. The zero-order chi connectivity index (χ0) is 49.0. The van der Waals surface area contributed by atoms with Gasteiger partial charge in [0.05, 0.1) is 33.6 Å². The first-order valence-corrected chi connectivity index (χ1v) is 23.3. The second kappa shape index (κ2) is 23.3. The van der Waals surface area contributed by atoms with Crippen molar-refractivity contribution in [2.45, 2.75) is 118 Å². The van der Waals surface area contributed by atoms with Gasteiger partial charge in [-0.3, -0.25) is 29.0 Å². The number of nitrogens with zero attached hydrogens (tertiary/aromatic N) is 4. The van der Waals surface area contributed by atoms with Crippen LogP contribution in [0.15, 0.2) is 70.6 Å². The Morgan fingerprint density at radius 3 is 2.37 bits per heavy atom. The van der Waals surface area contributed by atoms with Gasteiger partial charge in [-0.05, 0) is 92.0 Å². The van der Waals surface area contributed by atoms with Gasteiger partial charge in [0, 0.05) is 68.7 Å². The lowest BCUT2D eigenvalue weighted by molar-refractivity contribution is -0.144. The molecule has 0 bridgehead atoms. The van der Waals surface area contributed by atoms with Crippen LogP contribution >= 0.6 is 11.3 Å². The summed E-state index contributed by atoms with van der Waals surface area (Å²) in [6, 6.07) is 9.23. The number of unbranched alkanes of at least 4 members (excludes halogenated alkanes) is 2. The Morgan fingerprint density at radius 2 is 1.70 bits per heavy atom. The summed E-state index contributed by atoms with van der Waals surface area (Å²) < 4.78 is 15.3. The zero-order valence-electron chi connectivity index (χ0n) is 39.1. The van der Waals surface area contributed by atoms with E-state index in [0.29, 0.717) is 59.8 Å². The molecule has 67 heavy (non-hydrogen) atoms. The molecule has 1 aliphatic rings. The lowest BCUT2D eigenvalue weighted by Crippen LogP contribution is -2.57. The van der Waals surface area contributed by atoms with Crippen molar-refractivity contribution in [3.8, 4) is 10.4 Å². The van der Waals surface area contributed by atoms with E-state index < -0.39 is 35.3 Å². The van der Waals surface area contributed by atoms with Crippen LogP contribution in [0, 0.1) is 18.2 Å². The van der Waals surface area contributed by atoms with Crippen molar-refractivity contribution in [3.05, 3.63) is 88.2 Å². The fourth-order valence-corrected chi connectivity index (χ4v) is 8.60. The number of aliphatic imine (C=N–C) groups is 1. The van der Waals surface area contributed by atoms with Gasteiger partial charge in [0.1, 0.15) is 17.9 Å². The van der Waals surface area contributed by atoms with Crippen LogP contribution in [0.1, 0.15) is 103 Å². The molecule has 4 aromatic rings. The van der Waals surface area contributed by atoms with Gasteiger partial charge < -0.3 is 42.7 Å². The molecule has 0 unspecified atom stereocenters. The second-order valence-electron chi connectivity index (χ2n) is 18.0. The number of aryl methyl sites for hydroxylation is 1. The maximum absolute atomic E-state index is 15.3. The summed E-state index contributed by atoms with van der Waals surface area (Å²) in [5, 5.41) is 22.9. The smallest absolute Gasteiger partial charge is 0.246 e. The minimum Gasteiger partial charge on any atom is -0.397 e. The summed E-state index contributed by atoms with van der Waals surface area (Å²) in [7, 11) is 0. The minimum atomic E-state index is -0.933. The number of thiazole rings is 1. The molecule has 3 atom stereocenters. The van der Waals surface area contributed by atoms with Gasteiger partial charge in [0.25, 0.3) is 0 Å². The average molecular weight is 939 g/mol. The number of rotatable bonds is 20. The molecular weight excluding hydrogens is 876 g/mol. The Bertz CT molecular complexity index is 2530. The number of fused-ring (bicyclic) bond motifs is 1. The van der Waals surface area contributed by atoms with Crippen LogP contribution in [-0.2, 0) is 30.5 Å². The number of likely N-dealkylation sites (tertiary alicyclic amines) is 1. The molecule has 9 N–H and O–H groups in total. The van der Waals surface area contributed by atoms with Gasteiger partial charge in [-0.2, -0.15) is 0 Å². The standard InChI is InChI=1S/C49H63FN10O6S/c1-28(29(2)37(51)25-53-7)35-20-33-21-39(55-24-36(33)44(52)43(35)50)58-41(63)14-11-13-40(62)54-19-10-8-9-12-42(64)59-46(49(4,5)6)48(66)60-26-34(61)22-38(60)47(65)56-23-31-15-17-32(18-16-31)45-30(3)57-27-67-45/h15-18,20-21,24-25,27,34,38,46,61H,7-14,19,22-23,26,51-52H2,1-6H3,(H,54,62)(H,56,65)(H,59,64)(H,55,58,63)/b29-28+,37-25+/t34-,38+,46-/m1/s1. The van der Waals surface area contributed by atoms with Gasteiger partial charge in [-0.15, -0.1) is 11.3 Å². The Hall–Kier alpha value is -6.53. The number of aromatic nitrogens is 2. The molecule has 358 valence electrons. The number of hydrogen-bond donors (Lipinski definition) is 7. The number of aliphatic hydroxyl groups is 1. The third-order valence-electron chi connectivity index (χ3n) is 11.8. The van der Waals surface area contributed by atoms with E-state index in [1.165, 1.54) is 17.3 Å². The quantitative estimate of drug-likeness (QED) is 0.0226. The van der Waals surface area contributed by atoms with Crippen LogP contribution in [0.4, 0.5) is 15.9 Å². The molecule has 2 aromatic heterocycles. The van der Waals surface area contributed by atoms with Crippen molar-refractivity contribution >= 4 is 75.4 Å². The van der Waals surface area contributed by atoms with E-state index in [1.807, 2.05) is 52.0 Å². The van der Waals surface area contributed by atoms with Crippen molar-refractivity contribution in [1.29, 1.82) is 0 Å². The van der Waals surface area contributed by atoms with E-state index in [0.717, 1.165) is 21.7 Å². The van der Waals surface area contributed by atoms with Crippen LogP contribution in [0.25, 0.3) is 26.8 Å². The Labute approximate surface area is 395 Å². The van der Waals surface area contributed by atoms with Gasteiger partial charge in [0.15, 0.2) is 5.82 Å². The molecule has 0 saturated carbocycles. The highest BCUT2D eigenvalue weighted by atomic mass is 32.1. The number of aliphatic hydroxyl groups excluding tert-OH is 1. The summed E-state index contributed by atoms with van der Waals surface area (Å²) in [5.74, 6) is -2.03. The number of benzene rings is 2. The van der Waals surface area contributed by atoms with E-state index in [2.05, 4.69) is 42.9 Å². The van der Waals surface area contributed by atoms with Crippen molar-refractivity contribution in [1.82, 2.24) is 30.8 Å². The van der Waals surface area contributed by atoms with Gasteiger partial charge in [-0.25, -0.2) is 14.4 Å². The number of nitrogens with two attached hydrogens (primary N) is 2. The highest BCUT2D eigenvalue weighted by molar-refractivity contribution is 7.13. The summed E-state index contributed by atoms with van der Waals surface area (Å²) in [6.07, 6.45) is 4.42. The molecule has 1 aliphatic heterocycles. The first-order valence-electron chi connectivity index (χ1n) is 22.4. The number of hydrogen-bond acceptors (Lipinski definition) is 12. The van der Waals surface area contributed by atoms with Crippen LogP contribution < -0.4 is 32.7 Å². The molecule has 5 amide bonds. The molecule has 0 aliphatic carbocycles. The van der Waals surface area contributed by atoms with Gasteiger partial charge >= 0.3 is 0 Å². The fourth-order valence-electron chi connectivity index (χ4n) is 7.78. The average Bonchev–Trinajstić information content (AvgIpc) is 3.91. The van der Waals surface area contributed by atoms with E-state index in [9.17, 15) is 29.1 Å². The van der Waals surface area contributed by atoms with E-state index in [-0.39, 0.29) is 79.5 Å². The van der Waals surface area contributed by atoms with E-state index >= 15 is 4.39 Å². The zero-order valence-corrected chi connectivity index (χ0v) is 39.9. The monoisotopic (exact) mass is 938 g/mol. The number of nitrogens with one attached hydrogen (secondary N) is 4. The molecule has 0 radical (unpaired) electrons. The number of β-amino-alcohol motifs (C(OH)–C–C–N with tert-alkyl or cyclic N) is 1. The number of pyridine rings is 1. The predicted molar refractivity (Wildman–Crippen MR) is 262 cm³/mol. The molecule has 1 saturated heterocycles. The van der Waals surface area contributed by atoms with Crippen molar-refractivity contribution < 1.29 is 33.5 Å². The van der Waals surface area contributed by atoms with Crippen LogP contribution in [-0.4, -0.2) is 87.5 Å². The van der Waals surface area contributed by atoms with Gasteiger partial charge in [-0.1, -0.05) is 51.5 Å². The Morgan fingerprint density at radius 1 is 1.00 bits per heavy atom. The highest BCUT2D eigenvalue weighted by Gasteiger charge is 2.44. The SMILES string of the molecule is C=N/C=C(N)\C(C)=C(/C)c1cc2cc(NC(=O)CCCC(=O)NCCCCCC(=O)N[C@H](C(=O)N3C[C@H](O)C[C@H]3C(=O)NCc3ccc(-c4scnc4C)cc3)C(C)(C)C)ncc2c(N)c1F. The first-order chi connectivity index (χ1) is 31.8. The second-order valence-corrected chi connectivity index (χ2v) is 18.8. The lowest BCUT2D eigenvalue weighted by atomic mass is 9.85. The number of allylic oxidation sites excluding steroid dienone is 2. The summed E-state index contributed by atoms with van der Waals surface area (Å²) >= 11 is 1.56. The lowest BCUT2D eigenvalue weighted by Gasteiger charge is -2.35.